The Morgan fingerprint density at radius 2 is 2.43 bits per heavy atom. The van der Waals surface area contributed by atoms with E-state index in [-0.39, 0.29) is 6.03 Å². The van der Waals surface area contributed by atoms with Gasteiger partial charge in [0.05, 0.1) is 0 Å². The SMILES string of the molecule is CCN(C)CCNC(=O)n1ccnc1. The Bertz CT molecular complexity index is 270. The molecule has 0 atom stereocenters. The van der Waals surface area contributed by atoms with E-state index in [0.717, 1.165) is 13.1 Å². The normalized spacial score (nSPS) is 10.5. The van der Waals surface area contributed by atoms with Gasteiger partial charge in [0.2, 0.25) is 0 Å². The van der Waals surface area contributed by atoms with E-state index in [1.165, 1.54) is 10.9 Å². The van der Waals surface area contributed by atoms with Gasteiger partial charge in [-0.3, -0.25) is 4.57 Å². The molecule has 0 saturated carbocycles. The van der Waals surface area contributed by atoms with Gasteiger partial charge in [-0.05, 0) is 13.6 Å². The Kier molecular flexibility index (Phi) is 4.12. The lowest BCUT2D eigenvalue weighted by Gasteiger charge is -2.13. The van der Waals surface area contributed by atoms with Crippen molar-refractivity contribution in [2.45, 2.75) is 6.92 Å². The Hall–Kier alpha value is -1.36. The van der Waals surface area contributed by atoms with Crippen LogP contribution in [0.3, 0.4) is 0 Å². The molecule has 0 radical (unpaired) electrons. The zero-order valence-electron chi connectivity index (χ0n) is 8.60. The molecular formula is C9H16N4O. The summed E-state index contributed by atoms with van der Waals surface area (Å²) in [6, 6.07) is -0.132. The number of imidazole rings is 1. The number of aromatic nitrogens is 2. The van der Waals surface area contributed by atoms with Gasteiger partial charge >= 0.3 is 6.03 Å². The first-order valence-electron chi connectivity index (χ1n) is 4.68. The quantitative estimate of drug-likeness (QED) is 0.758. The molecule has 1 aromatic rings. The number of nitrogens with one attached hydrogen (secondary N) is 1. The average molecular weight is 196 g/mol. The number of nitrogens with zero attached hydrogens (tertiary/aromatic N) is 3. The maximum Gasteiger partial charge on any atom is 0.326 e. The fourth-order valence-corrected chi connectivity index (χ4v) is 0.982. The molecule has 14 heavy (non-hydrogen) atoms. The van der Waals surface area contributed by atoms with Crippen LogP contribution < -0.4 is 5.32 Å². The number of carbonyl (C=O) groups excluding carboxylic acids is 1. The molecule has 0 bridgehead atoms. The smallest absolute Gasteiger partial charge is 0.326 e. The Morgan fingerprint density at radius 3 is 3.00 bits per heavy atom. The lowest BCUT2D eigenvalue weighted by Crippen LogP contribution is -2.34. The van der Waals surface area contributed by atoms with E-state index in [4.69, 9.17) is 0 Å². The van der Waals surface area contributed by atoms with Gasteiger partial charge in [0.25, 0.3) is 0 Å². The minimum atomic E-state index is -0.132. The van der Waals surface area contributed by atoms with Crippen LogP contribution in [-0.4, -0.2) is 47.2 Å². The van der Waals surface area contributed by atoms with Crippen molar-refractivity contribution in [3.63, 3.8) is 0 Å². The molecule has 5 heteroatoms. The van der Waals surface area contributed by atoms with E-state index in [0.29, 0.717) is 6.54 Å². The standard InChI is InChI=1S/C9H16N4O/c1-3-12(2)6-5-11-9(14)13-7-4-10-8-13/h4,7-8H,3,5-6H2,1-2H3,(H,11,14). The van der Waals surface area contributed by atoms with E-state index in [9.17, 15) is 4.79 Å². The highest BCUT2D eigenvalue weighted by Gasteiger charge is 2.01. The fraction of sp³-hybridized carbons (Fsp3) is 0.556. The number of amides is 1. The lowest BCUT2D eigenvalue weighted by molar-refractivity contribution is 0.240. The third-order valence-corrected chi connectivity index (χ3v) is 2.05. The van der Waals surface area contributed by atoms with E-state index in [1.807, 2.05) is 7.05 Å². The minimum Gasteiger partial charge on any atom is -0.336 e. The van der Waals surface area contributed by atoms with Crippen molar-refractivity contribution in [2.24, 2.45) is 0 Å². The second kappa shape index (κ2) is 5.39. The second-order valence-electron chi connectivity index (χ2n) is 3.10. The van der Waals surface area contributed by atoms with Gasteiger partial charge in [0, 0.05) is 25.5 Å². The molecular weight excluding hydrogens is 180 g/mol. The molecule has 1 aromatic heterocycles. The third-order valence-electron chi connectivity index (χ3n) is 2.05. The molecule has 0 aromatic carbocycles. The van der Waals surface area contributed by atoms with Crippen LogP contribution in [0.1, 0.15) is 6.92 Å². The molecule has 0 aliphatic heterocycles. The maximum absolute atomic E-state index is 11.4. The van der Waals surface area contributed by atoms with Crippen LogP contribution in [0.4, 0.5) is 4.79 Å². The molecule has 78 valence electrons. The summed E-state index contributed by atoms with van der Waals surface area (Å²) in [7, 11) is 2.02. The predicted octanol–water partition coefficient (Wildman–Crippen LogP) is 0.392. The zero-order chi connectivity index (χ0) is 10.4. The van der Waals surface area contributed by atoms with Crippen LogP contribution in [0.5, 0.6) is 0 Å². The maximum atomic E-state index is 11.4. The first kappa shape index (κ1) is 10.7. The van der Waals surface area contributed by atoms with Crippen molar-refractivity contribution in [1.82, 2.24) is 19.8 Å². The number of carbonyl (C=O) groups is 1. The molecule has 1 N–H and O–H groups in total. The van der Waals surface area contributed by atoms with Gasteiger partial charge in [-0.25, -0.2) is 9.78 Å². The monoisotopic (exact) mass is 196 g/mol. The van der Waals surface area contributed by atoms with E-state index >= 15 is 0 Å². The largest absolute Gasteiger partial charge is 0.336 e. The Labute approximate surface area is 83.7 Å². The molecule has 5 nitrogen and oxygen atoms in total. The molecule has 0 unspecified atom stereocenters. The summed E-state index contributed by atoms with van der Waals surface area (Å²) < 4.78 is 1.42. The number of hydrogen-bond acceptors (Lipinski definition) is 3. The third kappa shape index (κ3) is 3.18. The van der Waals surface area contributed by atoms with Gasteiger partial charge in [-0.1, -0.05) is 6.92 Å². The van der Waals surface area contributed by atoms with Crippen molar-refractivity contribution < 1.29 is 4.79 Å². The van der Waals surface area contributed by atoms with Crippen LogP contribution >= 0.6 is 0 Å². The summed E-state index contributed by atoms with van der Waals surface area (Å²) in [5, 5.41) is 2.79. The summed E-state index contributed by atoms with van der Waals surface area (Å²) in [5.74, 6) is 0. The molecule has 0 saturated heterocycles. The van der Waals surface area contributed by atoms with E-state index < -0.39 is 0 Å². The van der Waals surface area contributed by atoms with E-state index in [1.54, 1.807) is 12.4 Å². The van der Waals surface area contributed by atoms with Gasteiger partial charge in [0.15, 0.2) is 0 Å². The Morgan fingerprint density at radius 1 is 1.64 bits per heavy atom. The zero-order valence-corrected chi connectivity index (χ0v) is 8.60. The van der Waals surface area contributed by atoms with Crippen LogP contribution in [-0.2, 0) is 0 Å². The predicted molar refractivity (Wildman–Crippen MR) is 54.2 cm³/mol. The topological polar surface area (TPSA) is 50.2 Å². The number of rotatable bonds is 4. The molecule has 1 heterocycles. The lowest BCUT2D eigenvalue weighted by atomic mass is 10.5. The molecule has 0 fully saturated rings. The van der Waals surface area contributed by atoms with Crippen LogP contribution in [0.25, 0.3) is 0 Å². The van der Waals surface area contributed by atoms with Crippen LogP contribution in [0.15, 0.2) is 18.7 Å². The molecule has 0 aliphatic carbocycles. The molecule has 1 rings (SSSR count). The summed E-state index contributed by atoms with van der Waals surface area (Å²) >= 11 is 0. The van der Waals surface area contributed by atoms with Gasteiger partial charge in [0.1, 0.15) is 6.33 Å². The van der Waals surface area contributed by atoms with Crippen LogP contribution in [0.2, 0.25) is 0 Å². The molecule has 0 spiro atoms. The van der Waals surface area contributed by atoms with Gasteiger partial charge < -0.3 is 10.2 Å². The van der Waals surface area contributed by atoms with Crippen molar-refractivity contribution >= 4 is 6.03 Å². The highest BCUT2D eigenvalue weighted by Crippen LogP contribution is 1.84. The first-order chi connectivity index (χ1) is 6.74. The molecule has 0 aliphatic rings. The van der Waals surface area contributed by atoms with Crippen LogP contribution in [0, 0.1) is 0 Å². The van der Waals surface area contributed by atoms with Crippen molar-refractivity contribution in [1.29, 1.82) is 0 Å². The van der Waals surface area contributed by atoms with E-state index in [2.05, 4.69) is 22.1 Å². The highest BCUT2D eigenvalue weighted by molar-refractivity contribution is 5.76. The van der Waals surface area contributed by atoms with Gasteiger partial charge in [-0.2, -0.15) is 0 Å². The Balaban J connectivity index is 2.23. The summed E-state index contributed by atoms with van der Waals surface area (Å²) in [6.45, 7) is 4.58. The summed E-state index contributed by atoms with van der Waals surface area (Å²) in [4.78, 5) is 17.3. The molecule has 1 amide bonds. The number of hydrogen-bond donors (Lipinski definition) is 1. The van der Waals surface area contributed by atoms with Crippen molar-refractivity contribution in [2.75, 3.05) is 26.7 Å². The summed E-state index contributed by atoms with van der Waals surface area (Å²) in [6.07, 6.45) is 4.69. The average Bonchev–Trinajstić information content (AvgIpc) is 2.70. The van der Waals surface area contributed by atoms with Gasteiger partial charge in [-0.15, -0.1) is 0 Å². The van der Waals surface area contributed by atoms with Crippen molar-refractivity contribution in [3.05, 3.63) is 18.7 Å². The highest BCUT2D eigenvalue weighted by atomic mass is 16.2. The first-order valence-corrected chi connectivity index (χ1v) is 4.68. The fourth-order valence-electron chi connectivity index (χ4n) is 0.982. The van der Waals surface area contributed by atoms with Crippen molar-refractivity contribution in [3.8, 4) is 0 Å². The minimum absolute atomic E-state index is 0.132. The summed E-state index contributed by atoms with van der Waals surface area (Å²) in [5.41, 5.74) is 0. The number of likely N-dealkylation sites (N-methyl/N-ethyl adjacent to an activating group) is 1. The second-order valence-corrected chi connectivity index (χ2v) is 3.10.